The number of allylic oxidation sites excluding steroid dienone is 1. The van der Waals surface area contributed by atoms with E-state index in [9.17, 15) is 10.2 Å². The number of aliphatic hydroxyl groups excluding tert-OH is 2. The van der Waals surface area contributed by atoms with E-state index in [2.05, 4.69) is 6.58 Å². The van der Waals surface area contributed by atoms with Gasteiger partial charge in [-0.15, -0.1) is 6.58 Å². The first-order valence-electron chi connectivity index (χ1n) is 5.19. The molecule has 2 unspecified atom stereocenters. The Labute approximate surface area is 81.3 Å². The Kier molecular flexibility index (Phi) is 8.05. The fourth-order valence-electron chi connectivity index (χ4n) is 1.28. The van der Waals surface area contributed by atoms with E-state index in [-0.39, 0.29) is 0 Å². The van der Waals surface area contributed by atoms with Gasteiger partial charge in [0.15, 0.2) is 0 Å². The monoisotopic (exact) mass is 186 g/mol. The fourth-order valence-corrected chi connectivity index (χ4v) is 1.28. The van der Waals surface area contributed by atoms with Crippen molar-refractivity contribution in [3.05, 3.63) is 12.7 Å². The Balaban J connectivity index is 3.26. The van der Waals surface area contributed by atoms with Crippen molar-refractivity contribution in [2.24, 2.45) is 0 Å². The molecule has 0 heterocycles. The third-order valence-corrected chi connectivity index (χ3v) is 2.27. The van der Waals surface area contributed by atoms with Gasteiger partial charge in [-0.1, -0.05) is 25.8 Å². The summed E-state index contributed by atoms with van der Waals surface area (Å²) in [5.74, 6) is 0. The largest absolute Gasteiger partial charge is 0.390 e. The van der Waals surface area contributed by atoms with Crippen LogP contribution in [0, 0.1) is 0 Å². The summed E-state index contributed by atoms with van der Waals surface area (Å²) in [5, 5.41) is 18.7. The molecule has 0 aromatic carbocycles. The average Bonchev–Trinajstić information content (AvgIpc) is 2.16. The molecule has 2 N–H and O–H groups in total. The molecule has 0 aliphatic carbocycles. The number of hydrogen-bond donors (Lipinski definition) is 2. The lowest BCUT2D eigenvalue weighted by Crippen LogP contribution is -2.24. The molecule has 0 rings (SSSR count). The van der Waals surface area contributed by atoms with Crippen molar-refractivity contribution < 1.29 is 10.2 Å². The highest BCUT2D eigenvalue weighted by Crippen LogP contribution is 2.09. The molecule has 0 bridgehead atoms. The van der Waals surface area contributed by atoms with Crippen LogP contribution in [0.5, 0.6) is 0 Å². The Morgan fingerprint density at radius 1 is 1.15 bits per heavy atom. The van der Waals surface area contributed by atoms with Crippen LogP contribution in [-0.2, 0) is 0 Å². The van der Waals surface area contributed by atoms with Gasteiger partial charge in [-0.05, 0) is 25.7 Å². The molecule has 0 fully saturated rings. The van der Waals surface area contributed by atoms with Crippen molar-refractivity contribution in [2.45, 2.75) is 57.7 Å². The van der Waals surface area contributed by atoms with Crippen LogP contribution < -0.4 is 0 Å². The molecule has 0 spiro atoms. The van der Waals surface area contributed by atoms with Crippen LogP contribution in [0.3, 0.4) is 0 Å². The highest BCUT2D eigenvalue weighted by Gasteiger charge is 2.12. The molecule has 78 valence electrons. The SMILES string of the molecule is C=CCCCCCC(O)C(O)CC. The lowest BCUT2D eigenvalue weighted by atomic mass is 10.0. The summed E-state index contributed by atoms with van der Waals surface area (Å²) >= 11 is 0. The molecular weight excluding hydrogens is 164 g/mol. The van der Waals surface area contributed by atoms with E-state index in [1.807, 2.05) is 13.0 Å². The summed E-state index contributed by atoms with van der Waals surface area (Å²) in [6, 6.07) is 0. The normalized spacial score (nSPS) is 15.3. The molecule has 0 aromatic rings. The molecule has 13 heavy (non-hydrogen) atoms. The van der Waals surface area contributed by atoms with Gasteiger partial charge in [-0.3, -0.25) is 0 Å². The van der Waals surface area contributed by atoms with E-state index in [4.69, 9.17) is 0 Å². The second-order valence-electron chi connectivity index (χ2n) is 3.47. The van der Waals surface area contributed by atoms with Gasteiger partial charge in [0.25, 0.3) is 0 Å². The average molecular weight is 186 g/mol. The van der Waals surface area contributed by atoms with Crippen molar-refractivity contribution in [1.82, 2.24) is 0 Å². The Morgan fingerprint density at radius 3 is 2.38 bits per heavy atom. The minimum atomic E-state index is -0.542. The number of rotatable bonds is 8. The lowest BCUT2D eigenvalue weighted by Gasteiger charge is -2.15. The molecule has 0 amide bonds. The Morgan fingerprint density at radius 2 is 1.85 bits per heavy atom. The van der Waals surface area contributed by atoms with Crippen LogP contribution in [0.1, 0.15) is 45.4 Å². The zero-order valence-electron chi connectivity index (χ0n) is 8.58. The van der Waals surface area contributed by atoms with E-state index < -0.39 is 12.2 Å². The highest BCUT2D eigenvalue weighted by molar-refractivity contribution is 4.68. The summed E-state index contributed by atoms with van der Waals surface area (Å²) in [6.07, 6.45) is 6.47. The number of hydrogen-bond acceptors (Lipinski definition) is 2. The van der Waals surface area contributed by atoms with E-state index in [0.29, 0.717) is 12.8 Å². The van der Waals surface area contributed by atoms with Gasteiger partial charge in [-0.25, -0.2) is 0 Å². The molecule has 0 radical (unpaired) electrons. The van der Waals surface area contributed by atoms with Gasteiger partial charge in [0.2, 0.25) is 0 Å². The van der Waals surface area contributed by atoms with Crippen molar-refractivity contribution in [3.63, 3.8) is 0 Å². The molecule has 0 saturated carbocycles. The molecule has 0 aliphatic heterocycles. The third-order valence-electron chi connectivity index (χ3n) is 2.27. The predicted molar refractivity (Wildman–Crippen MR) is 55.6 cm³/mol. The maximum absolute atomic E-state index is 9.40. The minimum Gasteiger partial charge on any atom is -0.390 e. The summed E-state index contributed by atoms with van der Waals surface area (Å²) in [6.45, 7) is 5.53. The maximum Gasteiger partial charge on any atom is 0.0799 e. The van der Waals surface area contributed by atoms with Crippen molar-refractivity contribution >= 4 is 0 Å². The standard InChI is InChI=1S/C11H22O2/c1-3-5-6-7-8-9-11(13)10(12)4-2/h3,10-13H,1,4-9H2,2H3. The van der Waals surface area contributed by atoms with Gasteiger partial charge in [0.05, 0.1) is 12.2 Å². The van der Waals surface area contributed by atoms with Crippen LogP contribution in [0.15, 0.2) is 12.7 Å². The maximum atomic E-state index is 9.40. The molecular formula is C11H22O2. The second-order valence-corrected chi connectivity index (χ2v) is 3.47. The first-order valence-corrected chi connectivity index (χ1v) is 5.19. The Bertz CT molecular complexity index is 123. The van der Waals surface area contributed by atoms with Crippen LogP contribution in [0.25, 0.3) is 0 Å². The molecule has 2 atom stereocenters. The zero-order chi connectivity index (χ0) is 10.1. The minimum absolute atomic E-state index is 0.534. The first kappa shape index (κ1) is 12.7. The van der Waals surface area contributed by atoms with Crippen molar-refractivity contribution in [1.29, 1.82) is 0 Å². The molecule has 0 aromatic heterocycles. The van der Waals surface area contributed by atoms with E-state index in [1.165, 1.54) is 0 Å². The van der Waals surface area contributed by atoms with Gasteiger partial charge in [0.1, 0.15) is 0 Å². The van der Waals surface area contributed by atoms with E-state index in [1.54, 1.807) is 0 Å². The zero-order valence-corrected chi connectivity index (χ0v) is 8.58. The quantitative estimate of drug-likeness (QED) is 0.451. The summed E-state index contributed by atoms with van der Waals surface area (Å²) in [7, 11) is 0. The van der Waals surface area contributed by atoms with Gasteiger partial charge in [0, 0.05) is 0 Å². The number of aliphatic hydroxyl groups is 2. The molecule has 0 aliphatic rings. The second kappa shape index (κ2) is 8.27. The summed E-state index contributed by atoms with van der Waals surface area (Å²) in [5.41, 5.74) is 0. The van der Waals surface area contributed by atoms with Crippen LogP contribution in [0.2, 0.25) is 0 Å². The summed E-state index contributed by atoms with van der Waals surface area (Å²) in [4.78, 5) is 0. The third kappa shape index (κ3) is 6.79. The van der Waals surface area contributed by atoms with Crippen molar-refractivity contribution in [3.8, 4) is 0 Å². The van der Waals surface area contributed by atoms with Gasteiger partial charge < -0.3 is 10.2 Å². The molecule has 0 saturated heterocycles. The first-order chi connectivity index (χ1) is 6.22. The van der Waals surface area contributed by atoms with Crippen LogP contribution in [-0.4, -0.2) is 22.4 Å². The predicted octanol–water partition coefficient (Wildman–Crippen LogP) is 2.25. The topological polar surface area (TPSA) is 40.5 Å². The van der Waals surface area contributed by atoms with Gasteiger partial charge >= 0.3 is 0 Å². The van der Waals surface area contributed by atoms with E-state index >= 15 is 0 Å². The molecule has 2 heteroatoms. The highest BCUT2D eigenvalue weighted by atomic mass is 16.3. The Hall–Kier alpha value is -0.340. The van der Waals surface area contributed by atoms with E-state index in [0.717, 1.165) is 25.7 Å². The van der Waals surface area contributed by atoms with Gasteiger partial charge in [-0.2, -0.15) is 0 Å². The van der Waals surface area contributed by atoms with Crippen molar-refractivity contribution in [2.75, 3.05) is 0 Å². The summed E-state index contributed by atoms with van der Waals surface area (Å²) < 4.78 is 0. The van der Waals surface area contributed by atoms with Crippen LogP contribution in [0.4, 0.5) is 0 Å². The fraction of sp³-hybridized carbons (Fsp3) is 0.818. The lowest BCUT2D eigenvalue weighted by molar-refractivity contribution is 0.0114. The smallest absolute Gasteiger partial charge is 0.0799 e. The number of unbranched alkanes of at least 4 members (excludes halogenated alkanes) is 3. The molecule has 2 nitrogen and oxygen atoms in total. The van der Waals surface area contributed by atoms with Crippen LogP contribution >= 0.6 is 0 Å².